The molecule has 17 heavy (non-hydrogen) atoms. The summed E-state index contributed by atoms with van der Waals surface area (Å²) in [6.07, 6.45) is 5.06. The Balaban J connectivity index is 1.89. The molecule has 2 fully saturated rings. The van der Waals surface area contributed by atoms with Crippen molar-refractivity contribution in [3.05, 3.63) is 0 Å². The van der Waals surface area contributed by atoms with E-state index in [9.17, 15) is 9.90 Å². The van der Waals surface area contributed by atoms with Gasteiger partial charge in [-0.2, -0.15) is 0 Å². The monoisotopic (exact) mass is 240 g/mol. The summed E-state index contributed by atoms with van der Waals surface area (Å²) in [6, 6.07) is 0.0245. The molecule has 0 unspecified atom stereocenters. The number of hydrogen-bond acceptors (Lipinski definition) is 3. The predicted octanol–water partition coefficient (Wildman–Crippen LogP) is 0.748. The maximum Gasteiger partial charge on any atom is 0.239 e. The van der Waals surface area contributed by atoms with E-state index in [4.69, 9.17) is 0 Å². The molecule has 2 aliphatic rings. The molecule has 2 N–H and O–H groups in total. The first-order valence-corrected chi connectivity index (χ1v) is 6.88. The molecule has 2 aliphatic heterocycles. The van der Waals surface area contributed by atoms with E-state index in [0.29, 0.717) is 0 Å². The van der Waals surface area contributed by atoms with Crippen LogP contribution in [0.1, 0.15) is 39.0 Å². The zero-order chi connectivity index (χ0) is 12.3. The molecule has 3 atom stereocenters. The minimum absolute atomic E-state index is 0.0245. The van der Waals surface area contributed by atoms with Crippen LogP contribution in [0, 0.1) is 5.92 Å². The molecule has 0 aromatic rings. The lowest BCUT2D eigenvalue weighted by molar-refractivity contribution is -0.136. The fourth-order valence-electron chi connectivity index (χ4n) is 2.89. The van der Waals surface area contributed by atoms with E-state index >= 15 is 0 Å². The zero-order valence-electron chi connectivity index (χ0n) is 10.7. The number of amides is 1. The first-order valence-electron chi connectivity index (χ1n) is 6.88. The van der Waals surface area contributed by atoms with E-state index < -0.39 is 0 Å². The minimum Gasteiger partial charge on any atom is -0.393 e. The molecular formula is C13H24N2O2. The number of aliphatic hydroxyl groups excluding tert-OH is 1. The van der Waals surface area contributed by atoms with E-state index in [2.05, 4.69) is 5.32 Å². The molecule has 0 aromatic carbocycles. The Morgan fingerprint density at radius 3 is 2.82 bits per heavy atom. The van der Waals surface area contributed by atoms with Crippen LogP contribution < -0.4 is 5.32 Å². The summed E-state index contributed by atoms with van der Waals surface area (Å²) in [7, 11) is 0. The van der Waals surface area contributed by atoms with E-state index in [0.717, 1.165) is 45.3 Å². The second-order valence-electron chi connectivity index (χ2n) is 5.43. The summed E-state index contributed by atoms with van der Waals surface area (Å²) < 4.78 is 0. The maximum atomic E-state index is 12.3. The van der Waals surface area contributed by atoms with Crippen molar-refractivity contribution in [2.24, 2.45) is 5.92 Å². The van der Waals surface area contributed by atoms with Gasteiger partial charge in [-0.1, -0.05) is 6.42 Å². The van der Waals surface area contributed by atoms with Gasteiger partial charge in [-0.3, -0.25) is 4.79 Å². The highest BCUT2D eigenvalue weighted by Gasteiger charge is 2.30. The molecule has 2 heterocycles. The minimum atomic E-state index is -0.301. The van der Waals surface area contributed by atoms with Gasteiger partial charge < -0.3 is 15.3 Å². The lowest BCUT2D eigenvalue weighted by Crippen LogP contribution is -2.52. The Bertz CT molecular complexity index is 262. The van der Waals surface area contributed by atoms with Crippen molar-refractivity contribution in [1.82, 2.24) is 10.2 Å². The molecule has 0 radical (unpaired) electrons. The van der Waals surface area contributed by atoms with Crippen molar-refractivity contribution in [2.45, 2.75) is 51.2 Å². The summed E-state index contributed by atoms with van der Waals surface area (Å²) in [5, 5.41) is 12.9. The summed E-state index contributed by atoms with van der Waals surface area (Å²) >= 11 is 0. The molecule has 98 valence electrons. The molecular weight excluding hydrogens is 216 g/mol. The van der Waals surface area contributed by atoms with Crippen LogP contribution in [0.3, 0.4) is 0 Å². The summed E-state index contributed by atoms with van der Waals surface area (Å²) in [5.41, 5.74) is 0. The number of aliphatic hydroxyl groups is 1. The SMILES string of the molecule is C[C@H](O)[C@H]1CCCN(C(=O)[C@@H]2CCCCN2)C1. The zero-order valence-corrected chi connectivity index (χ0v) is 10.7. The Kier molecular flexibility index (Phi) is 4.40. The quantitative estimate of drug-likeness (QED) is 0.749. The van der Waals surface area contributed by atoms with Crippen molar-refractivity contribution in [3.63, 3.8) is 0 Å². The highest BCUT2D eigenvalue weighted by molar-refractivity contribution is 5.82. The molecule has 2 rings (SSSR count). The standard InChI is InChI=1S/C13H24N2O2/c1-10(16)11-5-4-8-15(9-11)13(17)12-6-2-3-7-14-12/h10-12,14,16H,2-9H2,1H3/t10-,11-,12-/m0/s1. The smallest absolute Gasteiger partial charge is 0.239 e. The van der Waals surface area contributed by atoms with E-state index in [1.807, 2.05) is 11.8 Å². The summed E-state index contributed by atoms with van der Waals surface area (Å²) in [6.45, 7) is 4.39. The van der Waals surface area contributed by atoms with Gasteiger partial charge in [0.1, 0.15) is 0 Å². The summed E-state index contributed by atoms with van der Waals surface area (Å²) in [4.78, 5) is 14.3. The number of rotatable bonds is 2. The lowest BCUT2D eigenvalue weighted by atomic mass is 9.92. The van der Waals surface area contributed by atoms with Gasteiger partial charge in [0.25, 0.3) is 0 Å². The van der Waals surface area contributed by atoms with Crippen molar-refractivity contribution in [1.29, 1.82) is 0 Å². The Hall–Kier alpha value is -0.610. The third-order valence-electron chi connectivity index (χ3n) is 4.06. The number of nitrogens with one attached hydrogen (secondary N) is 1. The second kappa shape index (κ2) is 5.83. The topological polar surface area (TPSA) is 52.6 Å². The predicted molar refractivity (Wildman–Crippen MR) is 66.6 cm³/mol. The van der Waals surface area contributed by atoms with Crippen LogP contribution in [0.4, 0.5) is 0 Å². The van der Waals surface area contributed by atoms with Crippen molar-refractivity contribution in [3.8, 4) is 0 Å². The third-order valence-corrected chi connectivity index (χ3v) is 4.06. The maximum absolute atomic E-state index is 12.3. The number of carbonyl (C=O) groups is 1. The highest BCUT2D eigenvalue weighted by Crippen LogP contribution is 2.21. The fraction of sp³-hybridized carbons (Fsp3) is 0.923. The average molecular weight is 240 g/mol. The van der Waals surface area contributed by atoms with Gasteiger partial charge in [0.2, 0.25) is 5.91 Å². The number of piperidine rings is 2. The van der Waals surface area contributed by atoms with Gasteiger partial charge in [0, 0.05) is 19.0 Å². The fourth-order valence-corrected chi connectivity index (χ4v) is 2.89. The van der Waals surface area contributed by atoms with Crippen molar-refractivity contribution >= 4 is 5.91 Å². The van der Waals surface area contributed by atoms with Gasteiger partial charge in [-0.15, -0.1) is 0 Å². The molecule has 2 saturated heterocycles. The van der Waals surface area contributed by atoms with Crippen LogP contribution >= 0.6 is 0 Å². The van der Waals surface area contributed by atoms with Gasteiger partial charge in [0.15, 0.2) is 0 Å². The van der Waals surface area contributed by atoms with E-state index in [1.54, 1.807) is 0 Å². The van der Waals surface area contributed by atoms with E-state index in [1.165, 1.54) is 6.42 Å². The van der Waals surface area contributed by atoms with Gasteiger partial charge >= 0.3 is 0 Å². The van der Waals surface area contributed by atoms with Crippen molar-refractivity contribution in [2.75, 3.05) is 19.6 Å². The largest absolute Gasteiger partial charge is 0.393 e. The number of likely N-dealkylation sites (tertiary alicyclic amines) is 1. The van der Waals surface area contributed by atoms with Crippen LogP contribution in [0.25, 0.3) is 0 Å². The average Bonchev–Trinajstić information content (AvgIpc) is 2.39. The Labute approximate surface area is 103 Å². The Morgan fingerprint density at radius 1 is 1.35 bits per heavy atom. The Morgan fingerprint density at radius 2 is 2.18 bits per heavy atom. The van der Waals surface area contributed by atoms with Gasteiger partial charge in [-0.25, -0.2) is 0 Å². The first-order chi connectivity index (χ1) is 8.18. The molecule has 0 spiro atoms. The van der Waals surface area contributed by atoms with Gasteiger partial charge in [0.05, 0.1) is 12.1 Å². The third kappa shape index (κ3) is 3.19. The van der Waals surface area contributed by atoms with Crippen LogP contribution in [0.5, 0.6) is 0 Å². The van der Waals surface area contributed by atoms with Crippen molar-refractivity contribution < 1.29 is 9.90 Å². The second-order valence-corrected chi connectivity index (χ2v) is 5.43. The molecule has 0 saturated carbocycles. The van der Waals surface area contributed by atoms with Crippen LogP contribution in [0.15, 0.2) is 0 Å². The molecule has 4 heteroatoms. The number of nitrogens with zero attached hydrogens (tertiary/aromatic N) is 1. The number of carbonyl (C=O) groups excluding carboxylic acids is 1. The normalized spacial score (nSPS) is 32.2. The van der Waals surface area contributed by atoms with Crippen LogP contribution in [0.2, 0.25) is 0 Å². The molecule has 0 aliphatic carbocycles. The van der Waals surface area contributed by atoms with Crippen LogP contribution in [-0.4, -0.2) is 47.7 Å². The molecule has 4 nitrogen and oxygen atoms in total. The molecule has 0 bridgehead atoms. The number of hydrogen-bond donors (Lipinski definition) is 2. The lowest BCUT2D eigenvalue weighted by Gasteiger charge is -2.37. The van der Waals surface area contributed by atoms with Crippen LogP contribution in [-0.2, 0) is 4.79 Å². The molecule has 1 amide bonds. The van der Waals surface area contributed by atoms with E-state index in [-0.39, 0.29) is 24.0 Å². The molecule has 0 aromatic heterocycles. The van der Waals surface area contributed by atoms with Gasteiger partial charge in [-0.05, 0) is 39.2 Å². The highest BCUT2D eigenvalue weighted by atomic mass is 16.3. The summed E-state index contributed by atoms with van der Waals surface area (Å²) in [5.74, 6) is 0.506. The first kappa shape index (κ1) is 12.8.